The Kier molecular flexibility index (Phi) is 3.47. The number of hydrogen-bond acceptors (Lipinski definition) is 5. The van der Waals surface area contributed by atoms with Crippen LogP contribution in [0.3, 0.4) is 0 Å². The minimum Gasteiger partial charge on any atom is -0.476 e. The standard InChI is InChI=1S/C15H14N2O3S/c1-9(18)13-12(14(19)20)16-15(21-13)17-7-6-10-4-2-3-5-11(10)8-17/h2-5H,6-8H2,1H3,(H,19,20). The summed E-state index contributed by atoms with van der Waals surface area (Å²) >= 11 is 1.16. The molecule has 0 fully saturated rings. The van der Waals surface area contributed by atoms with E-state index in [2.05, 4.69) is 17.1 Å². The van der Waals surface area contributed by atoms with Gasteiger partial charge in [-0.2, -0.15) is 0 Å². The summed E-state index contributed by atoms with van der Waals surface area (Å²) in [7, 11) is 0. The molecule has 1 aliphatic heterocycles. The van der Waals surface area contributed by atoms with Gasteiger partial charge in [0, 0.05) is 20.0 Å². The van der Waals surface area contributed by atoms with Crippen molar-refractivity contribution >= 4 is 28.2 Å². The van der Waals surface area contributed by atoms with Crippen LogP contribution in [0.2, 0.25) is 0 Å². The Balaban J connectivity index is 1.94. The molecule has 0 aliphatic carbocycles. The summed E-state index contributed by atoms with van der Waals surface area (Å²) < 4.78 is 0. The second-order valence-electron chi connectivity index (χ2n) is 4.98. The molecule has 21 heavy (non-hydrogen) atoms. The molecule has 108 valence electrons. The van der Waals surface area contributed by atoms with Crippen molar-refractivity contribution < 1.29 is 14.7 Å². The van der Waals surface area contributed by atoms with Crippen LogP contribution in [0.25, 0.3) is 0 Å². The zero-order valence-electron chi connectivity index (χ0n) is 11.5. The number of hydrogen-bond donors (Lipinski definition) is 1. The lowest BCUT2D eigenvalue weighted by atomic mass is 10.0. The maximum Gasteiger partial charge on any atom is 0.356 e. The second-order valence-corrected chi connectivity index (χ2v) is 5.95. The summed E-state index contributed by atoms with van der Waals surface area (Å²) in [4.78, 5) is 29.2. The Morgan fingerprint density at radius 2 is 2.00 bits per heavy atom. The van der Waals surface area contributed by atoms with Crippen molar-refractivity contribution in [3.8, 4) is 0 Å². The third kappa shape index (κ3) is 2.54. The molecular weight excluding hydrogens is 288 g/mol. The van der Waals surface area contributed by atoms with Crippen LogP contribution >= 0.6 is 11.3 Å². The van der Waals surface area contributed by atoms with Gasteiger partial charge in [0.2, 0.25) is 0 Å². The van der Waals surface area contributed by atoms with E-state index < -0.39 is 5.97 Å². The zero-order valence-corrected chi connectivity index (χ0v) is 12.3. The van der Waals surface area contributed by atoms with Crippen LogP contribution in [-0.4, -0.2) is 28.4 Å². The number of fused-ring (bicyclic) bond motifs is 1. The van der Waals surface area contributed by atoms with Gasteiger partial charge in [0.1, 0.15) is 4.88 Å². The van der Waals surface area contributed by atoms with Gasteiger partial charge >= 0.3 is 5.97 Å². The topological polar surface area (TPSA) is 70.5 Å². The highest BCUT2D eigenvalue weighted by Crippen LogP contribution is 2.30. The van der Waals surface area contributed by atoms with Gasteiger partial charge in [-0.3, -0.25) is 4.79 Å². The fourth-order valence-electron chi connectivity index (χ4n) is 2.49. The number of anilines is 1. The lowest BCUT2D eigenvalue weighted by molar-refractivity contribution is 0.0687. The number of thiazole rings is 1. The maximum absolute atomic E-state index is 11.6. The summed E-state index contributed by atoms with van der Waals surface area (Å²) in [6.45, 7) is 2.84. The largest absolute Gasteiger partial charge is 0.476 e. The van der Waals surface area contributed by atoms with E-state index in [1.165, 1.54) is 18.1 Å². The van der Waals surface area contributed by atoms with Crippen molar-refractivity contribution in [3.63, 3.8) is 0 Å². The van der Waals surface area contributed by atoms with E-state index in [1.54, 1.807) is 0 Å². The van der Waals surface area contributed by atoms with Crippen molar-refractivity contribution in [1.29, 1.82) is 0 Å². The smallest absolute Gasteiger partial charge is 0.356 e. The van der Waals surface area contributed by atoms with Crippen molar-refractivity contribution in [2.24, 2.45) is 0 Å². The average molecular weight is 302 g/mol. The number of Topliss-reactive ketones (excluding diaryl/α,β-unsaturated/α-hetero) is 1. The van der Waals surface area contributed by atoms with Gasteiger partial charge in [-0.05, 0) is 17.5 Å². The molecule has 1 aromatic heterocycles. The molecule has 1 N–H and O–H groups in total. The normalized spacial score (nSPS) is 13.9. The Bertz CT molecular complexity index is 692. The molecule has 0 bridgehead atoms. The molecular formula is C15H14N2O3S. The Morgan fingerprint density at radius 3 is 2.62 bits per heavy atom. The molecule has 0 amide bonds. The molecule has 1 aliphatic rings. The monoisotopic (exact) mass is 302 g/mol. The first kappa shape index (κ1) is 13.8. The highest BCUT2D eigenvalue weighted by molar-refractivity contribution is 7.17. The first-order chi connectivity index (χ1) is 10.1. The fourth-order valence-corrected chi connectivity index (χ4v) is 3.46. The summed E-state index contributed by atoms with van der Waals surface area (Å²) in [5.74, 6) is -1.41. The highest BCUT2D eigenvalue weighted by Gasteiger charge is 2.25. The predicted octanol–water partition coefficient (Wildman–Crippen LogP) is 2.61. The Morgan fingerprint density at radius 1 is 1.29 bits per heavy atom. The van der Waals surface area contributed by atoms with E-state index >= 15 is 0 Å². The van der Waals surface area contributed by atoms with E-state index in [9.17, 15) is 9.59 Å². The molecule has 0 saturated carbocycles. The summed E-state index contributed by atoms with van der Waals surface area (Å²) in [6.07, 6.45) is 0.896. The molecule has 0 saturated heterocycles. The van der Waals surface area contributed by atoms with Crippen molar-refractivity contribution in [2.45, 2.75) is 19.9 Å². The second kappa shape index (κ2) is 5.29. The van der Waals surface area contributed by atoms with Crippen LogP contribution < -0.4 is 4.90 Å². The third-order valence-electron chi connectivity index (χ3n) is 3.54. The molecule has 0 radical (unpaired) electrons. The van der Waals surface area contributed by atoms with Gasteiger partial charge < -0.3 is 10.0 Å². The van der Waals surface area contributed by atoms with Crippen LogP contribution in [0.4, 0.5) is 5.13 Å². The quantitative estimate of drug-likeness (QED) is 0.883. The van der Waals surface area contributed by atoms with Crippen LogP contribution in [0.5, 0.6) is 0 Å². The summed E-state index contributed by atoms with van der Waals surface area (Å²) in [5, 5.41) is 9.76. The van der Waals surface area contributed by atoms with E-state index in [4.69, 9.17) is 5.11 Å². The number of aromatic carboxylic acids is 1. The minimum absolute atomic E-state index is 0.138. The van der Waals surface area contributed by atoms with E-state index in [0.29, 0.717) is 11.7 Å². The first-order valence-corrected chi connectivity index (χ1v) is 7.44. The minimum atomic E-state index is -1.15. The predicted molar refractivity (Wildman–Crippen MR) is 80.3 cm³/mol. The molecule has 0 unspecified atom stereocenters. The van der Waals surface area contributed by atoms with Crippen molar-refractivity contribution in [3.05, 3.63) is 46.0 Å². The lowest BCUT2D eigenvalue weighted by Gasteiger charge is -2.28. The highest BCUT2D eigenvalue weighted by atomic mass is 32.1. The van der Waals surface area contributed by atoms with Crippen molar-refractivity contribution in [2.75, 3.05) is 11.4 Å². The number of carbonyl (C=O) groups excluding carboxylic acids is 1. The number of carboxylic acids is 1. The van der Waals surface area contributed by atoms with Gasteiger partial charge in [0.15, 0.2) is 16.6 Å². The Hall–Kier alpha value is -2.21. The molecule has 0 spiro atoms. The lowest BCUT2D eigenvalue weighted by Crippen LogP contribution is -2.30. The number of ketones is 1. The molecule has 2 heterocycles. The van der Waals surface area contributed by atoms with Gasteiger partial charge in [0.25, 0.3) is 0 Å². The van der Waals surface area contributed by atoms with E-state index in [0.717, 1.165) is 24.3 Å². The average Bonchev–Trinajstić information content (AvgIpc) is 2.92. The molecule has 0 atom stereocenters. The molecule has 1 aromatic carbocycles. The van der Waals surface area contributed by atoms with Gasteiger partial charge in [0.05, 0.1) is 0 Å². The SMILES string of the molecule is CC(=O)c1sc(N2CCc3ccccc3C2)nc1C(=O)O. The van der Waals surface area contributed by atoms with Crippen LogP contribution in [0, 0.1) is 0 Å². The number of aromatic nitrogens is 1. The van der Waals surface area contributed by atoms with Gasteiger partial charge in [-0.25, -0.2) is 9.78 Å². The number of nitrogens with zero attached hydrogens (tertiary/aromatic N) is 2. The van der Waals surface area contributed by atoms with Gasteiger partial charge in [-0.1, -0.05) is 35.6 Å². The Labute approximate surface area is 125 Å². The number of benzene rings is 1. The van der Waals surface area contributed by atoms with Gasteiger partial charge in [-0.15, -0.1) is 0 Å². The summed E-state index contributed by atoms with van der Waals surface area (Å²) in [5.41, 5.74) is 2.40. The van der Waals surface area contributed by atoms with Crippen LogP contribution in [0.15, 0.2) is 24.3 Å². The number of rotatable bonds is 3. The fraction of sp³-hybridized carbons (Fsp3) is 0.267. The maximum atomic E-state index is 11.6. The molecule has 5 nitrogen and oxygen atoms in total. The molecule has 3 rings (SSSR count). The molecule has 6 heteroatoms. The molecule has 2 aromatic rings. The van der Waals surface area contributed by atoms with Crippen LogP contribution in [0.1, 0.15) is 38.2 Å². The van der Waals surface area contributed by atoms with E-state index in [1.807, 2.05) is 17.0 Å². The van der Waals surface area contributed by atoms with Crippen LogP contribution in [-0.2, 0) is 13.0 Å². The van der Waals surface area contributed by atoms with E-state index in [-0.39, 0.29) is 16.4 Å². The number of carbonyl (C=O) groups is 2. The van der Waals surface area contributed by atoms with Crippen molar-refractivity contribution in [1.82, 2.24) is 4.98 Å². The summed E-state index contributed by atoms with van der Waals surface area (Å²) in [6, 6.07) is 8.19. The zero-order chi connectivity index (χ0) is 15.0. The first-order valence-electron chi connectivity index (χ1n) is 6.63. The number of carboxylic acid groups (broad SMARTS) is 1. The third-order valence-corrected chi connectivity index (χ3v) is 4.76.